The molecule has 238 valence electrons. The highest BCUT2D eigenvalue weighted by Gasteiger charge is 2.21. The minimum Gasteiger partial charge on any atom is -0.455 e. The SMILES string of the molecule is c1ccc(-c2ccc3ccccc3c2-c2nc(-c3cccc(-c4cccc5ccccc45)c3)nc(-c3cccc4c3oc3ccccc34)n2)cc1. The Hall–Kier alpha value is -6.91. The molecule has 0 N–H and O–H groups in total. The average molecular weight is 652 g/mol. The number of benzene rings is 8. The van der Waals surface area contributed by atoms with Crippen LogP contribution in [0.1, 0.15) is 0 Å². The second-order valence-electron chi connectivity index (χ2n) is 12.8. The first-order chi connectivity index (χ1) is 25.3. The van der Waals surface area contributed by atoms with Gasteiger partial charge in [-0.15, -0.1) is 0 Å². The van der Waals surface area contributed by atoms with E-state index >= 15 is 0 Å². The van der Waals surface area contributed by atoms with E-state index in [4.69, 9.17) is 19.4 Å². The molecular weight excluding hydrogens is 623 g/mol. The van der Waals surface area contributed by atoms with E-state index in [1.807, 2.05) is 30.3 Å². The van der Waals surface area contributed by atoms with Crippen LogP contribution in [0.4, 0.5) is 0 Å². The van der Waals surface area contributed by atoms with Gasteiger partial charge < -0.3 is 4.42 Å². The quantitative estimate of drug-likeness (QED) is 0.186. The first kappa shape index (κ1) is 29.0. The van der Waals surface area contributed by atoms with Gasteiger partial charge in [0.25, 0.3) is 0 Å². The second kappa shape index (κ2) is 11.9. The first-order valence-corrected chi connectivity index (χ1v) is 17.1. The zero-order chi connectivity index (χ0) is 33.7. The van der Waals surface area contributed by atoms with Crippen LogP contribution < -0.4 is 0 Å². The Morgan fingerprint density at radius 3 is 1.80 bits per heavy atom. The van der Waals surface area contributed by atoms with Crippen molar-refractivity contribution in [2.45, 2.75) is 0 Å². The molecule has 10 aromatic rings. The highest BCUT2D eigenvalue weighted by molar-refractivity contribution is 6.09. The minimum absolute atomic E-state index is 0.558. The van der Waals surface area contributed by atoms with E-state index in [1.54, 1.807) is 0 Å². The van der Waals surface area contributed by atoms with Crippen molar-refractivity contribution in [2.75, 3.05) is 0 Å². The van der Waals surface area contributed by atoms with Crippen molar-refractivity contribution in [1.29, 1.82) is 0 Å². The van der Waals surface area contributed by atoms with E-state index in [1.165, 1.54) is 10.8 Å². The largest absolute Gasteiger partial charge is 0.455 e. The molecule has 2 aromatic heterocycles. The molecule has 51 heavy (non-hydrogen) atoms. The van der Waals surface area contributed by atoms with Crippen molar-refractivity contribution in [3.05, 3.63) is 176 Å². The van der Waals surface area contributed by atoms with Crippen LogP contribution >= 0.6 is 0 Å². The molecule has 10 rings (SSSR count). The first-order valence-electron chi connectivity index (χ1n) is 17.1. The van der Waals surface area contributed by atoms with Crippen LogP contribution in [0.3, 0.4) is 0 Å². The van der Waals surface area contributed by atoms with Crippen LogP contribution in [-0.2, 0) is 0 Å². The Morgan fingerprint density at radius 2 is 0.922 bits per heavy atom. The lowest BCUT2D eigenvalue weighted by Gasteiger charge is -2.15. The van der Waals surface area contributed by atoms with Gasteiger partial charge in [-0.2, -0.15) is 0 Å². The molecule has 0 saturated heterocycles. The van der Waals surface area contributed by atoms with Gasteiger partial charge in [-0.05, 0) is 62.0 Å². The topological polar surface area (TPSA) is 51.8 Å². The molecule has 4 heteroatoms. The van der Waals surface area contributed by atoms with Gasteiger partial charge in [-0.3, -0.25) is 0 Å². The third kappa shape index (κ3) is 4.96. The molecule has 0 unspecified atom stereocenters. The number of para-hydroxylation sites is 2. The van der Waals surface area contributed by atoms with E-state index in [9.17, 15) is 0 Å². The number of nitrogens with zero attached hydrogens (tertiary/aromatic N) is 3. The van der Waals surface area contributed by atoms with Gasteiger partial charge in [0.1, 0.15) is 11.2 Å². The summed E-state index contributed by atoms with van der Waals surface area (Å²) in [4.78, 5) is 15.8. The molecule has 0 aliphatic carbocycles. The van der Waals surface area contributed by atoms with Crippen LogP contribution in [0.2, 0.25) is 0 Å². The fourth-order valence-corrected chi connectivity index (χ4v) is 7.33. The summed E-state index contributed by atoms with van der Waals surface area (Å²) in [5.41, 5.74) is 8.70. The van der Waals surface area contributed by atoms with Crippen molar-refractivity contribution in [3.8, 4) is 56.4 Å². The van der Waals surface area contributed by atoms with Crippen LogP contribution in [0.5, 0.6) is 0 Å². The molecule has 0 aliphatic heterocycles. The molecule has 0 radical (unpaired) electrons. The van der Waals surface area contributed by atoms with Crippen LogP contribution in [0.15, 0.2) is 180 Å². The van der Waals surface area contributed by atoms with Crippen molar-refractivity contribution in [1.82, 2.24) is 15.0 Å². The fraction of sp³-hybridized carbons (Fsp3) is 0. The highest BCUT2D eigenvalue weighted by atomic mass is 16.3. The molecule has 0 fully saturated rings. The summed E-state index contributed by atoms with van der Waals surface area (Å²) in [7, 11) is 0. The highest BCUT2D eigenvalue weighted by Crippen LogP contribution is 2.40. The van der Waals surface area contributed by atoms with Gasteiger partial charge in [-0.25, -0.2) is 15.0 Å². The lowest BCUT2D eigenvalue weighted by atomic mass is 9.93. The standard InChI is InChI=1S/C47H29N3O/c1-2-13-31(14-3-1)38-28-27-32-16-5-7-21-37(32)43(38)47-49-45(34-19-10-18-33(29-34)36-23-11-17-30-15-4-6-20-35(30)36)48-46(50-47)41-25-12-24-40-39-22-8-9-26-42(39)51-44(40)41/h1-29H. The third-order valence-electron chi connectivity index (χ3n) is 9.74. The Morgan fingerprint density at radius 1 is 0.333 bits per heavy atom. The summed E-state index contributed by atoms with van der Waals surface area (Å²) in [6.45, 7) is 0. The van der Waals surface area contributed by atoms with Gasteiger partial charge in [0, 0.05) is 21.9 Å². The smallest absolute Gasteiger partial charge is 0.167 e. The second-order valence-corrected chi connectivity index (χ2v) is 12.8. The summed E-state index contributed by atoms with van der Waals surface area (Å²) >= 11 is 0. The van der Waals surface area contributed by atoms with Crippen molar-refractivity contribution in [3.63, 3.8) is 0 Å². The molecule has 0 aliphatic rings. The third-order valence-corrected chi connectivity index (χ3v) is 9.74. The average Bonchev–Trinajstić information content (AvgIpc) is 3.59. The summed E-state index contributed by atoms with van der Waals surface area (Å²) in [5, 5.41) is 6.69. The molecule has 0 bridgehead atoms. The van der Waals surface area contributed by atoms with Crippen LogP contribution in [0.25, 0.3) is 99.9 Å². The molecule has 2 heterocycles. The normalized spacial score (nSPS) is 11.5. The predicted molar refractivity (Wildman–Crippen MR) is 209 cm³/mol. The number of fused-ring (bicyclic) bond motifs is 5. The Kier molecular flexibility index (Phi) is 6.78. The number of hydrogen-bond donors (Lipinski definition) is 0. The number of hydrogen-bond acceptors (Lipinski definition) is 4. The number of furan rings is 1. The van der Waals surface area contributed by atoms with Gasteiger partial charge in [0.15, 0.2) is 17.5 Å². The van der Waals surface area contributed by atoms with Gasteiger partial charge in [0.05, 0.1) is 5.56 Å². The monoisotopic (exact) mass is 651 g/mol. The van der Waals surface area contributed by atoms with Crippen molar-refractivity contribution in [2.24, 2.45) is 0 Å². The van der Waals surface area contributed by atoms with Gasteiger partial charge >= 0.3 is 0 Å². The van der Waals surface area contributed by atoms with E-state index in [-0.39, 0.29) is 0 Å². The zero-order valence-corrected chi connectivity index (χ0v) is 27.5. The molecular formula is C47H29N3O. The van der Waals surface area contributed by atoms with Crippen molar-refractivity contribution >= 4 is 43.5 Å². The van der Waals surface area contributed by atoms with Gasteiger partial charge in [0.2, 0.25) is 0 Å². The molecule has 4 nitrogen and oxygen atoms in total. The van der Waals surface area contributed by atoms with E-state index in [2.05, 4.69) is 146 Å². The summed E-state index contributed by atoms with van der Waals surface area (Å²) in [6.07, 6.45) is 0. The Labute approximate surface area is 294 Å². The lowest BCUT2D eigenvalue weighted by molar-refractivity contribution is 0.669. The predicted octanol–water partition coefficient (Wildman–Crippen LogP) is 12.4. The fourth-order valence-electron chi connectivity index (χ4n) is 7.33. The minimum atomic E-state index is 0.558. The Bertz CT molecular complexity index is 2920. The van der Waals surface area contributed by atoms with E-state index in [0.717, 1.165) is 71.7 Å². The van der Waals surface area contributed by atoms with Crippen molar-refractivity contribution < 1.29 is 4.42 Å². The molecule has 0 spiro atoms. The maximum Gasteiger partial charge on any atom is 0.167 e. The summed E-state index contributed by atoms with van der Waals surface area (Å²) < 4.78 is 6.51. The lowest BCUT2D eigenvalue weighted by Crippen LogP contribution is -2.02. The van der Waals surface area contributed by atoms with E-state index < -0.39 is 0 Å². The summed E-state index contributed by atoms with van der Waals surface area (Å²) in [6, 6.07) is 61.0. The maximum atomic E-state index is 6.51. The molecule has 0 saturated carbocycles. The summed E-state index contributed by atoms with van der Waals surface area (Å²) in [5.74, 6) is 1.76. The molecule has 0 amide bonds. The van der Waals surface area contributed by atoms with E-state index in [0.29, 0.717) is 17.5 Å². The van der Waals surface area contributed by atoms with Gasteiger partial charge in [-0.1, -0.05) is 158 Å². The van der Waals surface area contributed by atoms with Crippen LogP contribution in [0, 0.1) is 0 Å². The Balaban J connectivity index is 1.26. The number of aromatic nitrogens is 3. The maximum absolute atomic E-state index is 6.51. The molecule has 8 aromatic carbocycles. The zero-order valence-electron chi connectivity index (χ0n) is 27.5. The molecule has 0 atom stereocenters. The number of rotatable bonds is 5. The van der Waals surface area contributed by atoms with Crippen LogP contribution in [-0.4, -0.2) is 15.0 Å².